The number of rotatable bonds is 4. The number of hydrogen-bond acceptors (Lipinski definition) is 4. The van der Waals surface area contributed by atoms with E-state index >= 15 is 0 Å². The minimum Gasteiger partial charge on any atom is -0.459 e. The van der Waals surface area contributed by atoms with Gasteiger partial charge in [0.05, 0.1) is 17.2 Å². The molecule has 0 radical (unpaired) electrons. The zero-order valence-electron chi connectivity index (χ0n) is 12.2. The molecule has 0 atom stereocenters. The van der Waals surface area contributed by atoms with Crippen molar-refractivity contribution in [1.29, 1.82) is 0 Å². The molecule has 2 aromatic rings. The van der Waals surface area contributed by atoms with Crippen molar-refractivity contribution in [3.63, 3.8) is 0 Å². The Bertz CT molecular complexity index is 684. The molecule has 1 aromatic carbocycles. The predicted octanol–water partition coefficient (Wildman–Crippen LogP) is 3.66. The molecule has 5 nitrogen and oxygen atoms in total. The Morgan fingerprint density at radius 3 is 2.41 bits per heavy atom. The molecule has 0 saturated carbocycles. The number of hydrogen-bond donors (Lipinski definition) is 1. The first-order valence-corrected chi connectivity index (χ1v) is 7.48. The molecule has 2 rings (SSSR count). The van der Waals surface area contributed by atoms with Crippen LogP contribution in [0, 0.1) is 0 Å². The maximum absolute atomic E-state index is 12.1. The predicted molar refractivity (Wildman–Crippen MR) is 86.9 cm³/mol. The number of nitrogens with zero attached hydrogens (tertiary/aromatic N) is 1. The smallest absolute Gasteiger partial charge is 0.338 e. The third-order valence-electron chi connectivity index (χ3n) is 2.69. The average molecular weight is 363 g/mol. The zero-order chi connectivity index (χ0) is 16.1. The van der Waals surface area contributed by atoms with Gasteiger partial charge in [0.15, 0.2) is 0 Å². The highest BCUT2D eigenvalue weighted by Crippen LogP contribution is 2.14. The first-order chi connectivity index (χ1) is 10.5. The molecule has 0 aliphatic heterocycles. The summed E-state index contributed by atoms with van der Waals surface area (Å²) in [6, 6.07) is 8.20. The Balaban J connectivity index is 2.05. The van der Waals surface area contributed by atoms with Crippen molar-refractivity contribution in [1.82, 2.24) is 4.98 Å². The molecular formula is C16H15BrN2O3. The van der Waals surface area contributed by atoms with Gasteiger partial charge in [-0.05, 0) is 60.1 Å². The van der Waals surface area contributed by atoms with E-state index in [9.17, 15) is 9.59 Å². The monoisotopic (exact) mass is 362 g/mol. The molecule has 114 valence electrons. The number of aromatic nitrogens is 1. The van der Waals surface area contributed by atoms with Crippen LogP contribution in [0.25, 0.3) is 0 Å². The second-order valence-electron chi connectivity index (χ2n) is 4.88. The lowest BCUT2D eigenvalue weighted by atomic mass is 10.2. The summed E-state index contributed by atoms with van der Waals surface area (Å²) in [6.45, 7) is 3.58. The van der Waals surface area contributed by atoms with Crippen LogP contribution in [0.2, 0.25) is 0 Å². The van der Waals surface area contributed by atoms with Gasteiger partial charge in [0.1, 0.15) is 0 Å². The van der Waals surface area contributed by atoms with E-state index in [2.05, 4.69) is 26.2 Å². The summed E-state index contributed by atoms with van der Waals surface area (Å²) in [5.41, 5.74) is 1.47. The SMILES string of the molecule is CC(C)OC(=O)c1ccc(NC(=O)c2cncc(Br)c2)cc1. The molecule has 1 N–H and O–H groups in total. The molecule has 0 bridgehead atoms. The summed E-state index contributed by atoms with van der Waals surface area (Å²) in [6.07, 6.45) is 2.91. The molecule has 0 aliphatic carbocycles. The number of halogens is 1. The van der Waals surface area contributed by atoms with Crippen molar-refractivity contribution in [3.05, 3.63) is 58.3 Å². The molecule has 6 heteroatoms. The second-order valence-corrected chi connectivity index (χ2v) is 5.79. The fraction of sp³-hybridized carbons (Fsp3) is 0.188. The number of carbonyl (C=O) groups is 2. The van der Waals surface area contributed by atoms with Crippen molar-refractivity contribution in [2.75, 3.05) is 5.32 Å². The fourth-order valence-electron chi connectivity index (χ4n) is 1.71. The Morgan fingerprint density at radius 1 is 1.14 bits per heavy atom. The summed E-state index contributed by atoms with van der Waals surface area (Å²) in [4.78, 5) is 27.7. The lowest BCUT2D eigenvalue weighted by Crippen LogP contribution is -2.13. The fourth-order valence-corrected chi connectivity index (χ4v) is 2.08. The van der Waals surface area contributed by atoms with E-state index < -0.39 is 0 Å². The molecule has 22 heavy (non-hydrogen) atoms. The molecule has 0 unspecified atom stereocenters. The molecule has 1 amide bonds. The van der Waals surface area contributed by atoms with Gasteiger partial charge in [-0.1, -0.05) is 0 Å². The van der Waals surface area contributed by atoms with E-state index in [1.54, 1.807) is 50.4 Å². The van der Waals surface area contributed by atoms with Crippen molar-refractivity contribution in [2.24, 2.45) is 0 Å². The quantitative estimate of drug-likeness (QED) is 0.842. The van der Waals surface area contributed by atoms with Crippen molar-refractivity contribution >= 4 is 33.5 Å². The van der Waals surface area contributed by atoms with Crippen LogP contribution in [-0.2, 0) is 4.74 Å². The van der Waals surface area contributed by atoms with Crippen LogP contribution in [0.5, 0.6) is 0 Å². The Hall–Kier alpha value is -2.21. The van der Waals surface area contributed by atoms with Gasteiger partial charge in [0, 0.05) is 22.6 Å². The normalized spacial score (nSPS) is 10.4. The maximum Gasteiger partial charge on any atom is 0.338 e. The number of pyridine rings is 1. The molecule has 0 spiro atoms. The minimum absolute atomic E-state index is 0.170. The van der Waals surface area contributed by atoms with Gasteiger partial charge in [-0.2, -0.15) is 0 Å². The minimum atomic E-state index is -0.385. The summed E-state index contributed by atoms with van der Waals surface area (Å²) in [7, 11) is 0. The van der Waals surface area contributed by atoms with Crippen LogP contribution in [0.4, 0.5) is 5.69 Å². The van der Waals surface area contributed by atoms with Gasteiger partial charge in [0.2, 0.25) is 0 Å². The number of ether oxygens (including phenoxy) is 1. The van der Waals surface area contributed by atoms with E-state index in [1.807, 2.05) is 0 Å². The van der Waals surface area contributed by atoms with Gasteiger partial charge in [-0.3, -0.25) is 9.78 Å². The van der Waals surface area contributed by atoms with Gasteiger partial charge in [-0.25, -0.2) is 4.79 Å². The number of anilines is 1. The standard InChI is InChI=1S/C16H15BrN2O3/c1-10(2)22-16(21)11-3-5-14(6-4-11)19-15(20)12-7-13(17)9-18-8-12/h3-10H,1-2H3,(H,19,20). The Morgan fingerprint density at radius 2 is 1.82 bits per heavy atom. The first-order valence-electron chi connectivity index (χ1n) is 6.68. The highest BCUT2D eigenvalue weighted by molar-refractivity contribution is 9.10. The van der Waals surface area contributed by atoms with Crippen molar-refractivity contribution < 1.29 is 14.3 Å². The highest BCUT2D eigenvalue weighted by atomic mass is 79.9. The largest absolute Gasteiger partial charge is 0.459 e. The first kappa shape index (κ1) is 16.2. The van der Waals surface area contributed by atoms with E-state index in [0.717, 1.165) is 4.47 Å². The third kappa shape index (κ3) is 4.39. The lowest BCUT2D eigenvalue weighted by Gasteiger charge is -2.09. The van der Waals surface area contributed by atoms with Gasteiger partial charge >= 0.3 is 5.97 Å². The van der Waals surface area contributed by atoms with Crippen LogP contribution in [0.3, 0.4) is 0 Å². The maximum atomic E-state index is 12.1. The molecule has 1 heterocycles. The molecule has 0 saturated heterocycles. The average Bonchev–Trinajstić information content (AvgIpc) is 2.47. The van der Waals surface area contributed by atoms with Crippen LogP contribution in [-0.4, -0.2) is 23.0 Å². The van der Waals surface area contributed by atoms with E-state index in [4.69, 9.17) is 4.74 Å². The summed E-state index contributed by atoms with van der Waals surface area (Å²) in [5, 5.41) is 2.74. The third-order valence-corrected chi connectivity index (χ3v) is 3.12. The van der Waals surface area contributed by atoms with Gasteiger partial charge < -0.3 is 10.1 Å². The topological polar surface area (TPSA) is 68.3 Å². The number of carbonyl (C=O) groups excluding carboxylic acids is 2. The van der Waals surface area contributed by atoms with E-state index in [0.29, 0.717) is 16.8 Å². The number of amides is 1. The van der Waals surface area contributed by atoms with Crippen LogP contribution >= 0.6 is 15.9 Å². The molecular weight excluding hydrogens is 348 g/mol. The summed E-state index contributed by atoms with van der Waals surface area (Å²) >= 11 is 3.27. The van der Waals surface area contributed by atoms with Crippen LogP contribution < -0.4 is 5.32 Å². The molecule has 0 aliphatic rings. The van der Waals surface area contributed by atoms with Gasteiger partial charge in [-0.15, -0.1) is 0 Å². The summed E-state index contributed by atoms with van der Waals surface area (Å²) in [5.74, 6) is -0.657. The molecule has 0 fully saturated rings. The van der Waals surface area contributed by atoms with Crippen molar-refractivity contribution in [3.8, 4) is 0 Å². The second kappa shape index (κ2) is 7.17. The van der Waals surface area contributed by atoms with E-state index in [1.165, 1.54) is 6.20 Å². The highest BCUT2D eigenvalue weighted by Gasteiger charge is 2.10. The van der Waals surface area contributed by atoms with Gasteiger partial charge in [0.25, 0.3) is 5.91 Å². The molecule has 1 aromatic heterocycles. The van der Waals surface area contributed by atoms with E-state index in [-0.39, 0.29) is 18.0 Å². The number of esters is 1. The zero-order valence-corrected chi connectivity index (χ0v) is 13.8. The van der Waals surface area contributed by atoms with Crippen LogP contribution in [0.1, 0.15) is 34.6 Å². The lowest BCUT2D eigenvalue weighted by molar-refractivity contribution is 0.0378. The van der Waals surface area contributed by atoms with Crippen molar-refractivity contribution in [2.45, 2.75) is 20.0 Å². The Kier molecular flexibility index (Phi) is 5.27. The number of benzene rings is 1. The summed E-state index contributed by atoms with van der Waals surface area (Å²) < 4.78 is 5.83. The van der Waals surface area contributed by atoms with Crippen LogP contribution in [0.15, 0.2) is 47.2 Å². The Labute approximate surface area is 136 Å². The number of nitrogens with one attached hydrogen (secondary N) is 1.